The van der Waals surface area contributed by atoms with Crippen molar-refractivity contribution in [1.82, 2.24) is 4.90 Å². The van der Waals surface area contributed by atoms with Crippen LogP contribution in [0.1, 0.15) is 39.2 Å². The standard InChI is InChI=1S/C17H27ClN2O/c1-4-20(12-14-6-5-7-16(18)9-14)17(21)10-15(11-19)8-13(2)3/h5-7,9,13,15H,4,8,10-12,19H2,1-3H3. The van der Waals surface area contributed by atoms with Gasteiger partial charge in [0.25, 0.3) is 0 Å². The van der Waals surface area contributed by atoms with E-state index in [1.165, 1.54) is 0 Å². The van der Waals surface area contributed by atoms with Gasteiger partial charge in [-0.05, 0) is 49.4 Å². The van der Waals surface area contributed by atoms with Gasteiger partial charge in [0.05, 0.1) is 0 Å². The summed E-state index contributed by atoms with van der Waals surface area (Å²) in [6.45, 7) is 8.20. The maximum Gasteiger partial charge on any atom is 0.223 e. The molecule has 0 bridgehead atoms. The molecule has 0 aromatic heterocycles. The van der Waals surface area contributed by atoms with Crippen molar-refractivity contribution in [3.63, 3.8) is 0 Å². The zero-order chi connectivity index (χ0) is 15.8. The Kier molecular flexibility index (Phi) is 7.76. The monoisotopic (exact) mass is 310 g/mol. The Bertz CT molecular complexity index is 448. The molecule has 0 heterocycles. The van der Waals surface area contributed by atoms with Crippen molar-refractivity contribution in [2.75, 3.05) is 13.1 Å². The molecule has 1 rings (SSSR count). The second-order valence-electron chi connectivity index (χ2n) is 5.97. The van der Waals surface area contributed by atoms with Gasteiger partial charge >= 0.3 is 0 Å². The van der Waals surface area contributed by atoms with E-state index in [1.54, 1.807) is 0 Å². The molecule has 1 amide bonds. The minimum atomic E-state index is 0.175. The molecule has 4 heteroatoms. The topological polar surface area (TPSA) is 46.3 Å². The summed E-state index contributed by atoms with van der Waals surface area (Å²) in [4.78, 5) is 14.3. The lowest BCUT2D eigenvalue weighted by Gasteiger charge is -2.24. The summed E-state index contributed by atoms with van der Waals surface area (Å²) in [5, 5.41) is 0.704. The van der Waals surface area contributed by atoms with Crippen molar-refractivity contribution in [3.05, 3.63) is 34.9 Å². The van der Waals surface area contributed by atoms with Crippen molar-refractivity contribution < 1.29 is 4.79 Å². The van der Waals surface area contributed by atoms with Crippen LogP contribution in [0.25, 0.3) is 0 Å². The number of hydrogen-bond donors (Lipinski definition) is 1. The average Bonchev–Trinajstić information content (AvgIpc) is 2.43. The van der Waals surface area contributed by atoms with Crippen LogP contribution in [0, 0.1) is 11.8 Å². The van der Waals surface area contributed by atoms with Crippen LogP contribution >= 0.6 is 11.6 Å². The number of hydrogen-bond acceptors (Lipinski definition) is 2. The number of rotatable bonds is 8. The molecule has 0 fully saturated rings. The first kappa shape index (κ1) is 18.0. The minimum Gasteiger partial charge on any atom is -0.339 e. The zero-order valence-electron chi connectivity index (χ0n) is 13.3. The van der Waals surface area contributed by atoms with Crippen molar-refractivity contribution in [3.8, 4) is 0 Å². The van der Waals surface area contributed by atoms with Gasteiger partial charge in [-0.15, -0.1) is 0 Å². The van der Waals surface area contributed by atoms with E-state index in [0.29, 0.717) is 37.0 Å². The molecule has 118 valence electrons. The lowest BCUT2D eigenvalue weighted by atomic mass is 9.93. The number of amides is 1. The predicted molar refractivity (Wildman–Crippen MR) is 89.2 cm³/mol. The van der Waals surface area contributed by atoms with Gasteiger partial charge in [0.1, 0.15) is 0 Å². The van der Waals surface area contributed by atoms with Crippen LogP contribution in [0.4, 0.5) is 0 Å². The van der Waals surface area contributed by atoms with Crippen LogP contribution in [0.5, 0.6) is 0 Å². The first-order valence-corrected chi connectivity index (χ1v) is 8.06. The van der Waals surface area contributed by atoms with Crippen molar-refractivity contribution in [2.45, 2.75) is 40.2 Å². The van der Waals surface area contributed by atoms with Gasteiger partial charge in [0, 0.05) is 24.5 Å². The van der Waals surface area contributed by atoms with Crippen LogP contribution in [0.15, 0.2) is 24.3 Å². The lowest BCUT2D eigenvalue weighted by molar-refractivity contribution is -0.132. The zero-order valence-corrected chi connectivity index (χ0v) is 14.1. The quantitative estimate of drug-likeness (QED) is 0.796. The molecule has 1 atom stereocenters. The Labute approximate surface area is 133 Å². The number of nitrogens with two attached hydrogens (primary N) is 1. The van der Waals surface area contributed by atoms with Crippen molar-refractivity contribution >= 4 is 17.5 Å². The van der Waals surface area contributed by atoms with Gasteiger partial charge in [-0.3, -0.25) is 4.79 Å². The number of nitrogens with zero attached hydrogens (tertiary/aromatic N) is 1. The van der Waals surface area contributed by atoms with E-state index in [-0.39, 0.29) is 11.8 Å². The predicted octanol–water partition coefficient (Wildman–Crippen LogP) is 3.70. The first-order chi connectivity index (χ1) is 9.96. The number of halogens is 1. The summed E-state index contributed by atoms with van der Waals surface area (Å²) in [5.41, 5.74) is 6.86. The molecule has 0 aliphatic heterocycles. The molecular weight excluding hydrogens is 284 g/mol. The Hall–Kier alpha value is -1.06. The molecule has 1 unspecified atom stereocenters. The average molecular weight is 311 g/mol. The third-order valence-corrected chi connectivity index (χ3v) is 3.83. The summed E-state index contributed by atoms with van der Waals surface area (Å²) in [5.74, 6) is 1.01. The fraction of sp³-hybridized carbons (Fsp3) is 0.588. The van der Waals surface area contributed by atoms with Gasteiger partial charge in [-0.1, -0.05) is 37.6 Å². The largest absolute Gasteiger partial charge is 0.339 e. The highest BCUT2D eigenvalue weighted by Gasteiger charge is 2.18. The number of carbonyl (C=O) groups is 1. The van der Waals surface area contributed by atoms with Crippen LogP contribution < -0.4 is 5.73 Å². The Morgan fingerprint density at radius 2 is 2.10 bits per heavy atom. The van der Waals surface area contributed by atoms with Crippen LogP contribution in [0.3, 0.4) is 0 Å². The molecule has 0 radical (unpaired) electrons. The fourth-order valence-corrected chi connectivity index (χ4v) is 2.75. The van der Waals surface area contributed by atoms with Gasteiger partial charge in [-0.2, -0.15) is 0 Å². The third-order valence-electron chi connectivity index (χ3n) is 3.60. The van der Waals surface area contributed by atoms with E-state index in [0.717, 1.165) is 12.0 Å². The molecule has 0 aliphatic carbocycles. The van der Waals surface area contributed by atoms with Crippen molar-refractivity contribution in [2.24, 2.45) is 17.6 Å². The molecule has 1 aromatic carbocycles. The maximum atomic E-state index is 12.5. The number of benzene rings is 1. The highest BCUT2D eigenvalue weighted by molar-refractivity contribution is 6.30. The molecule has 0 saturated heterocycles. The number of carbonyl (C=O) groups excluding carboxylic acids is 1. The molecule has 0 saturated carbocycles. The van der Waals surface area contributed by atoms with Crippen molar-refractivity contribution in [1.29, 1.82) is 0 Å². The van der Waals surface area contributed by atoms with E-state index < -0.39 is 0 Å². The van der Waals surface area contributed by atoms with Gasteiger partial charge in [-0.25, -0.2) is 0 Å². The Balaban J connectivity index is 2.64. The molecule has 0 aliphatic rings. The van der Waals surface area contributed by atoms with Crippen LogP contribution in [-0.4, -0.2) is 23.9 Å². The van der Waals surface area contributed by atoms with Gasteiger partial charge in [0.2, 0.25) is 5.91 Å². The molecule has 21 heavy (non-hydrogen) atoms. The summed E-state index contributed by atoms with van der Waals surface area (Å²) in [6, 6.07) is 7.66. The first-order valence-electron chi connectivity index (χ1n) is 7.68. The molecular formula is C17H27ClN2O. The van der Waals surface area contributed by atoms with E-state index in [2.05, 4.69) is 13.8 Å². The Morgan fingerprint density at radius 1 is 1.38 bits per heavy atom. The summed E-state index contributed by atoms with van der Waals surface area (Å²) >= 11 is 6.00. The lowest BCUT2D eigenvalue weighted by Crippen LogP contribution is -2.33. The maximum absolute atomic E-state index is 12.5. The second kappa shape index (κ2) is 9.06. The van der Waals surface area contributed by atoms with E-state index in [4.69, 9.17) is 17.3 Å². The molecule has 1 aromatic rings. The summed E-state index contributed by atoms with van der Waals surface area (Å²) in [7, 11) is 0. The van der Waals surface area contributed by atoms with Gasteiger partial charge in [0.15, 0.2) is 0 Å². The summed E-state index contributed by atoms with van der Waals surface area (Å²) < 4.78 is 0. The molecule has 0 spiro atoms. The van der Waals surface area contributed by atoms with Crippen LogP contribution in [0.2, 0.25) is 5.02 Å². The van der Waals surface area contributed by atoms with E-state index >= 15 is 0 Å². The van der Waals surface area contributed by atoms with Gasteiger partial charge < -0.3 is 10.6 Å². The normalized spacial score (nSPS) is 12.5. The van der Waals surface area contributed by atoms with E-state index in [1.807, 2.05) is 36.1 Å². The Morgan fingerprint density at radius 3 is 2.62 bits per heavy atom. The SMILES string of the molecule is CCN(Cc1cccc(Cl)c1)C(=O)CC(CN)CC(C)C. The van der Waals surface area contributed by atoms with Crippen LogP contribution in [-0.2, 0) is 11.3 Å². The second-order valence-corrected chi connectivity index (χ2v) is 6.41. The third kappa shape index (κ3) is 6.49. The highest BCUT2D eigenvalue weighted by Crippen LogP contribution is 2.17. The smallest absolute Gasteiger partial charge is 0.223 e. The summed E-state index contributed by atoms with van der Waals surface area (Å²) in [6.07, 6.45) is 1.53. The fourth-order valence-electron chi connectivity index (χ4n) is 2.54. The minimum absolute atomic E-state index is 0.175. The highest BCUT2D eigenvalue weighted by atomic mass is 35.5. The molecule has 2 N–H and O–H groups in total. The molecule has 3 nitrogen and oxygen atoms in total. The van der Waals surface area contributed by atoms with E-state index in [9.17, 15) is 4.79 Å².